The molecule has 9 heteroatoms. The Balaban J connectivity index is 1.67. The van der Waals surface area contributed by atoms with Gasteiger partial charge in [-0.25, -0.2) is 17.7 Å². The number of aromatic nitrogens is 4. The van der Waals surface area contributed by atoms with E-state index in [9.17, 15) is 8.42 Å². The van der Waals surface area contributed by atoms with Crippen LogP contribution >= 0.6 is 0 Å². The molecule has 2 N–H and O–H groups in total. The molecule has 2 aromatic heterocycles. The van der Waals surface area contributed by atoms with Gasteiger partial charge in [0, 0.05) is 0 Å². The highest BCUT2D eigenvalue weighted by Crippen LogP contribution is 2.31. The van der Waals surface area contributed by atoms with Gasteiger partial charge in [0.05, 0.1) is 16.6 Å². The SMILES string of the molecule is CCc1[nH]n2c(C(C)NS(=O)(=O)c3cc(C)ccc3C)nnc2c1Oc1ccc(C)cc1. The molecular weight excluding hydrogens is 426 g/mol. The van der Waals surface area contributed by atoms with Crippen molar-refractivity contribution in [1.82, 2.24) is 24.5 Å². The number of fused-ring (bicyclic) bond motifs is 1. The van der Waals surface area contributed by atoms with Crippen LogP contribution in [0.5, 0.6) is 11.5 Å². The molecule has 0 aliphatic rings. The van der Waals surface area contributed by atoms with Crippen LogP contribution in [0.2, 0.25) is 0 Å². The minimum absolute atomic E-state index is 0.259. The van der Waals surface area contributed by atoms with E-state index in [1.807, 2.05) is 51.1 Å². The van der Waals surface area contributed by atoms with Crippen LogP contribution < -0.4 is 9.46 Å². The fourth-order valence-corrected chi connectivity index (χ4v) is 5.10. The van der Waals surface area contributed by atoms with E-state index in [1.165, 1.54) is 0 Å². The molecule has 0 aliphatic heterocycles. The lowest BCUT2D eigenvalue weighted by Gasteiger charge is -2.14. The van der Waals surface area contributed by atoms with E-state index in [4.69, 9.17) is 4.74 Å². The molecule has 4 rings (SSSR count). The van der Waals surface area contributed by atoms with Crippen molar-refractivity contribution in [1.29, 1.82) is 0 Å². The number of nitrogens with zero attached hydrogens (tertiary/aromatic N) is 3. The Labute approximate surface area is 187 Å². The summed E-state index contributed by atoms with van der Waals surface area (Å²) in [4.78, 5) is 0.259. The zero-order chi connectivity index (χ0) is 23.0. The third-order valence-electron chi connectivity index (χ3n) is 5.36. The summed E-state index contributed by atoms with van der Waals surface area (Å²) < 4.78 is 36.6. The standard InChI is InChI=1S/C23H27N5O3S/c1-6-19-21(31-18-11-8-14(2)9-12-18)23-25-24-22(28(23)26-19)17(5)27-32(29,30)20-13-15(3)7-10-16(20)4/h7-13,17,26-27H,6H2,1-5H3. The number of hydrogen-bond donors (Lipinski definition) is 2. The van der Waals surface area contributed by atoms with Crippen LogP contribution in [-0.2, 0) is 16.4 Å². The number of rotatable bonds is 7. The summed E-state index contributed by atoms with van der Waals surface area (Å²) in [6.45, 7) is 9.41. The summed E-state index contributed by atoms with van der Waals surface area (Å²) in [5.74, 6) is 1.72. The van der Waals surface area contributed by atoms with Crippen molar-refractivity contribution >= 4 is 15.7 Å². The van der Waals surface area contributed by atoms with E-state index in [0.29, 0.717) is 35.0 Å². The molecule has 168 valence electrons. The first-order valence-electron chi connectivity index (χ1n) is 10.5. The maximum Gasteiger partial charge on any atom is 0.241 e. The smallest absolute Gasteiger partial charge is 0.241 e. The van der Waals surface area contributed by atoms with Crippen LogP contribution in [0.3, 0.4) is 0 Å². The van der Waals surface area contributed by atoms with Crippen molar-refractivity contribution in [2.75, 3.05) is 0 Å². The van der Waals surface area contributed by atoms with Crippen LogP contribution in [0.4, 0.5) is 0 Å². The lowest BCUT2D eigenvalue weighted by molar-refractivity contribution is 0.480. The molecule has 2 heterocycles. The average Bonchev–Trinajstić information content (AvgIpc) is 3.30. The van der Waals surface area contributed by atoms with Crippen molar-refractivity contribution in [3.05, 3.63) is 70.7 Å². The van der Waals surface area contributed by atoms with Gasteiger partial charge in [0.1, 0.15) is 5.75 Å². The predicted octanol–water partition coefficient (Wildman–Crippen LogP) is 4.38. The summed E-state index contributed by atoms with van der Waals surface area (Å²) in [5.41, 5.74) is 4.06. The Bertz CT molecular complexity index is 1370. The number of aromatic amines is 1. The predicted molar refractivity (Wildman–Crippen MR) is 123 cm³/mol. The van der Waals surface area contributed by atoms with Crippen molar-refractivity contribution in [3.63, 3.8) is 0 Å². The summed E-state index contributed by atoms with van der Waals surface area (Å²) in [6, 6.07) is 12.5. The lowest BCUT2D eigenvalue weighted by atomic mass is 10.2. The lowest BCUT2D eigenvalue weighted by Crippen LogP contribution is -2.29. The number of aryl methyl sites for hydroxylation is 4. The van der Waals surface area contributed by atoms with Crippen LogP contribution in [0, 0.1) is 20.8 Å². The van der Waals surface area contributed by atoms with Crippen LogP contribution in [0.15, 0.2) is 47.4 Å². The van der Waals surface area contributed by atoms with Crippen molar-refractivity contribution < 1.29 is 13.2 Å². The largest absolute Gasteiger partial charge is 0.451 e. The van der Waals surface area contributed by atoms with E-state index in [1.54, 1.807) is 30.5 Å². The van der Waals surface area contributed by atoms with Gasteiger partial charge in [-0.1, -0.05) is 36.8 Å². The van der Waals surface area contributed by atoms with E-state index in [0.717, 1.165) is 16.8 Å². The Hall–Kier alpha value is -3.17. The highest BCUT2D eigenvalue weighted by Gasteiger charge is 2.26. The quantitative estimate of drug-likeness (QED) is 0.432. The number of H-pyrrole nitrogens is 1. The molecule has 0 spiro atoms. The third kappa shape index (κ3) is 4.13. The summed E-state index contributed by atoms with van der Waals surface area (Å²) >= 11 is 0. The Morgan fingerprint density at radius 2 is 1.75 bits per heavy atom. The molecule has 2 aromatic carbocycles. The molecule has 8 nitrogen and oxygen atoms in total. The fourth-order valence-electron chi connectivity index (χ4n) is 3.57. The number of hydrogen-bond acceptors (Lipinski definition) is 5. The first kappa shape index (κ1) is 22.0. The molecule has 0 amide bonds. The molecule has 0 radical (unpaired) electrons. The second-order valence-corrected chi connectivity index (χ2v) is 9.70. The van der Waals surface area contributed by atoms with Crippen LogP contribution in [-0.4, -0.2) is 28.2 Å². The number of benzene rings is 2. The zero-order valence-electron chi connectivity index (χ0n) is 18.8. The average molecular weight is 454 g/mol. The molecule has 32 heavy (non-hydrogen) atoms. The van der Waals surface area contributed by atoms with Gasteiger partial charge >= 0.3 is 0 Å². The first-order valence-corrected chi connectivity index (χ1v) is 12.0. The number of nitrogens with one attached hydrogen (secondary N) is 2. The van der Waals surface area contributed by atoms with Crippen molar-refractivity contribution in [3.8, 4) is 11.5 Å². The molecule has 0 saturated carbocycles. The second kappa shape index (κ2) is 8.40. The van der Waals surface area contributed by atoms with Crippen LogP contribution in [0.25, 0.3) is 5.65 Å². The minimum Gasteiger partial charge on any atom is -0.451 e. The van der Waals surface area contributed by atoms with Gasteiger partial charge in [-0.05, 0) is 63.4 Å². The molecule has 0 saturated heterocycles. The maximum absolute atomic E-state index is 13.0. The van der Waals surface area contributed by atoms with E-state index >= 15 is 0 Å². The molecule has 4 aromatic rings. The first-order chi connectivity index (χ1) is 15.2. The molecule has 0 bridgehead atoms. The van der Waals surface area contributed by atoms with Gasteiger partial charge in [0.2, 0.25) is 15.7 Å². The topological polar surface area (TPSA) is 101 Å². The Morgan fingerprint density at radius 1 is 1.06 bits per heavy atom. The molecule has 0 aliphatic carbocycles. The normalized spacial score (nSPS) is 12.9. The highest BCUT2D eigenvalue weighted by atomic mass is 32.2. The van der Waals surface area contributed by atoms with Gasteiger partial charge < -0.3 is 4.74 Å². The van der Waals surface area contributed by atoms with E-state index in [2.05, 4.69) is 20.0 Å². The summed E-state index contributed by atoms with van der Waals surface area (Å²) in [6.07, 6.45) is 0.687. The van der Waals surface area contributed by atoms with E-state index in [-0.39, 0.29) is 4.90 Å². The fraction of sp³-hybridized carbons (Fsp3) is 0.304. The molecular formula is C23H27N5O3S. The monoisotopic (exact) mass is 453 g/mol. The summed E-state index contributed by atoms with van der Waals surface area (Å²) in [5, 5.41) is 11.8. The van der Waals surface area contributed by atoms with Crippen molar-refractivity contribution in [2.24, 2.45) is 0 Å². The number of sulfonamides is 1. The number of ether oxygens (including phenoxy) is 1. The Kier molecular flexibility index (Phi) is 5.79. The zero-order valence-corrected chi connectivity index (χ0v) is 19.6. The molecule has 1 unspecified atom stereocenters. The highest BCUT2D eigenvalue weighted by molar-refractivity contribution is 7.89. The van der Waals surface area contributed by atoms with Gasteiger partial charge in [-0.2, -0.15) is 0 Å². The second-order valence-electron chi connectivity index (χ2n) is 8.02. The molecule has 1 atom stereocenters. The summed E-state index contributed by atoms with van der Waals surface area (Å²) in [7, 11) is -3.75. The van der Waals surface area contributed by atoms with Gasteiger partial charge in [0.25, 0.3) is 0 Å². The molecule has 0 fully saturated rings. The third-order valence-corrected chi connectivity index (χ3v) is 7.04. The van der Waals surface area contributed by atoms with Gasteiger partial charge in [-0.15, -0.1) is 10.2 Å². The van der Waals surface area contributed by atoms with E-state index < -0.39 is 16.1 Å². The van der Waals surface area contributed by atoms with Gasteiger partial charge in [0.15, 0.2) is 11.6 Å². The van der Waals surface area contributed by atoms with Gasteiger partial charge in [-0.3, -0.25) is 5.10 Å². The van der Waals surface area contributed by atoms with Crippen LogP contribution in [0.1, 0.15) is 48.1 Å². The van der Waals surface area contributed by atoms with Crippen molar-refractivity contribution in [2.45, 2.75) is 52.0 Å². The maximum atomic E-state index is 13.0. The minimum atomic E-state index is -3.75. The Morgan fingerprint density at radius 3 is 2.44 bits per heavy atom.